The van der Waals surface area contributed by atoms with Gasteiger partial charge < -0.3 is 9.47 Å². The van der Waals surface area contributed by atoms with E-state index in [0.29, 0.717) is 18.9 Å². The van der Waals surface area contributed by atoms with Gasteiger partial charge in [0.1, 0.15) is 12.6 Å². The van der Waals surface area contributed by atoms with Gasteiger partial charge in [-0.15, -0.1) is 0 Å². The van der Waals surface area contributed by atoms with E-state index in [0.717, 1.165) is 25.7 Å². The van der Waals surface area contributed by atoms with Crippen molar-refractivity contribution < 1.29 is 19.1 Å². The van der Waals surface area contributed by atoms with E-state index in [1.807, 2.05) is 24.3 Å². The lowest BCUT2D eigenvalue weighted by atomic mass is 9.85. The number of carbonyl (C=O) groups is 2. The zero-order chi connectivity index (χ0) is 21.4. The second kappa shape index (κ2) is 8.37. The minimum absolute atomic E-state index is 0.0159. The van der Waals surface area contributed by atoms with Crippen LogP contribution in [0.2, 0.25) is 0 Å². The summed E-state index contributed by atoms with van der Waals surface area (Å²) >= 11 is 0. The Morgan fingerprint density at radius 1 is 0.935 bits per heavy atom. The SMILES string of the molecule is CCOC(=O)C1CC2CCCCC2N1C(=O)OCC1c2ccccc2-c2ccccc21. The molecule has 0 N–H and O–H groups in total. The first kappa shape index (κ1) is 20.1. The third kappa shape index (κ3) is 3.50. The molecule has 1 heterocycles. The number of ether oxygens (including phenoxy) is 2. The van der Waals surface area contributed by atoms with Gasteiger partial charge in [0.25, 0.3) is 0 Å². The molecule has 1 saturated carbocycles. The van der Waals surface area contributed by atoms with Crippen LogP contribution in [0.1, 0.15) is 56.1 Å². The summed E-state index contributed by atoms with van der Waals surface area (Å²) < 4.78 is 11.2. The van der Waals surface area contributed by atoms with Crippen molar-refractivity contribution in [3.8, 4) is 11.1 Å². The Morgan fingerprint density at radius 2 is 1.58 bits per heavy atom. The Labute approximate surface area is 183 Å². The maximum Gasteiger partial charge on any atom is 0.410 e. The number of amides is 1. The highest BCUT2D eigenvalue weighted by molar-refractivity contribution is 5.83. The average Bonchev–Trinajstić information content (AvgIpc) is 3.34. The third-order valence-electron chi connectivity index (χ3n) is 7.19. The summed E-state index contributed by atoms with van der Waals surface area (Å²) in [5, 5.41) is 0. The summed E-state index contributed by atoms with van der Waals surface area (Å²) in [6.07, 6.45) is 4.56. The molecule has 5 rings (SSSR count). The molecular weight excluding hydrogens is 390 g/mol. The van der Waals surface area contributed by atoms with Crippen LogP contribution in [0.15, 0.2) is 48.5 Å². The second-order valence-corrected chi connectivity index (χ2v) is 8.83. The molecular formula is C26H29NO4. The van der Waals surface area contributed by atoms with Crippen molar-refractivity contribution in [3.63, 3.8) is 0 Å². The topological polar surface area (TPSA) is 55.8 Å². The van der Waals surface area contributed by atoms with Crippen LogP contribution in [0.3, 0.4) is 0 Å². The molecule has 0 spiro atoms. The highest BCUT2D eigenvalue weighted by atomic mass is 16.6. The van der Waals surface area contributed by atoms with Crippen LogP contribution in [0.25, 0.3) is 11.1 Å². The lowest BCUT2D eigenvalue weighted by molar-refractivity contribution is -0.148. The molecule has 0 aromatic heterocycles. The largest absolute Gasteiger partial charge is 0.464 e. The average molecular weight is 420 g/mol. The zero-order valence-corrected chi connectivity index (χ0v) is 18.0. The molecule has 31 heavy (non-hydrogen) atoms. The van der Waals surface area contributed by atoms with Gasteiger partial charge >= 0.3 is 12.1 Å². The smallest absolute Gasteiger partial charge is 0.410 e. The van der Waals surface area contributed by atoms with Gasteiger partial charge in [-0.05, 0) is 54.4 Å². The highest BCUT2D eigenvalue weighted by Crippen LogP contribution is 2.45. The van der Waals surface area contributed by atoms with Gasteiger partial charge in [0, 0.05) is 12.0 Å². The first-order valence-electron chi connectivity index (χ1n) is 11.5. The van der Waals surface area contributed by atoms with Crippen LogP contribution in [-0.2, 0) is 14.3 Å². The van der Waals surface area contributed by atoms with Crippen molar-refractivity contribution >= 4 is 12.1 Å². The van der Waals surface area contributed by atoms with Crippen molar-refractivity contribution in [3.05, 3.63) is 59.7 Å². The predicted molar refractivity (Wildman–Crippen MR) is 118 cm³/mol. The predicted octanol–water partition coefficient (Wildman–Crippen LogP) is 5.13. The molecule has 3 aliphatic rings. The number of likely N-dealkylation sites (tertiary alicyclic amines) is 1. The minimum Gasteiger partial charge on any atom is -0.464 e. The van der Waals surface area contributed by atoms with E-state index in [1.165, 1.54) is 22.3 Å². The van der Waals surface area contributed by atoms with E-state index in [1.54, 1.807) is 11.8 Å². The molecule has 5 nitrogen and oxygen atoms in total. The Hall–Kier alpha value is -2.82. The molecule has 0 radical (unpaired) electrons. The van der Waals surface area contributed by atoms with Crippen LogP contribution in [0.5, 0.6) is 0 Å². The molecule has 1 saturated heterocycles. The summed E-state index contributed by atoms with van der Waals surface area (Å²) in [5.74, 6) is 0.0798. The number of carbonyl (C=O) groups excluding carboxylic acids is 2. The molecule has 2 aromatic carbocycles. The van der Waals surface area contributed by atoms with Crippen molar-refractivity contribution in [2.24, 2.45) is 5.92 Å². The standard InChI is InChI=1S/C26H29NO4/c1-2-30-25(28)24-15-17-9-3-8-14-23(17)27(24)26(29)31-16-22-20-12-6-4-10-18(20)19-11-5-7-13-21(19)22/h4-7,10-13,17,22-24H,2-3,8-9,14-16H2,1H3. The van der Waals surface area contributed by atoms with Crippen LogP contribution < -0.4 is 0 Å². The van der Waals surface area contributed by atoms with E-state index in [2.05, 4.69) is 24.3 Å². The maximum atomic E-state index is 13.3. The van der Waals surface area contributed by atoms with Gasteiger partial charge in [0.2, 0.25) is 0 Å². The van der Waals surface area contributed by atoms with Crippen LogP contribution >= 0.6 is 0 Å². The van der Waals surface area contributed by atoms with Crippen LogP contribution in [0.4, 0.5) is 4.79 Å². The number of esters is 1. The van der Waals surface area contributed by atoms with Crippen LogP contribution in [-0.4, -0.2) is 42.3 Å². The maximum absolute atomic E-state index is 13.3. The van der Waals surface area contributed by atoms with E-state index in [9.17, 15) is 9.59 Å². The van der Waals surface area contributed by atoms with Gasteiger partial charge in [-0.25, -0.2) is 9.59 Å². The van der Waals surface area contributed by atoms with Gasteiger partial charge in [0.05, 0.1) is 6.61 Å². The molecule has 0 bridgehead atoms. The van der Waals surface area contributed by atoms with Gasteiger partial charge in [0.15, 0.2) is 0 Å². The number of hydrogen-bond acceptors (Lipinski definition) is 4. The molecule has 3 unspecified atom stereocenters. The molecule has 3 atom stereocenters. The number of benzene rings is 2. The highest BCUT2D eigenvalue weighted by Gasteiger charge is 2.49. The summed E-state index contributed by atoms with van der Waals surface area (Å²) in [7, 11) is 0. The van der Waals surface area contributed by atoms with Crippen molar-refractivity contribution in [2.75, 3.05) is 13.2 Å². The number of hydrogen-bond donors (Lipinski definition) is 0. The summed E-state index contributed by atoms with van der Waals surface area (Å²) in [5.41, 5.74) is 4.79. The summed E-state index contributed by atoms with van der Waals surface area (Å²) in [4.78, 5) is 27.6. The molecule has 2 fully saturated rings. The third-order valence-corrected chi connectivity index (χ3v) is 7.19. The minimum atomic E-state index is -0.524. The van der Waals surface area contributed by atoms with Crippen molar-refractivity contribution in [2.45, 2.75) is 57.0 Å². The fraction of sp³-hybridized carbons (Fsp3) is 0.462. The summed E-state index contributed by atoms with van der Waals surface area (Å²) in [6, 6.07) is 16.2. The van der Waals surface area contributed by atoms with E-state index in [-0.39, 0.29) is 30.6 Å². The van der Waals surface area contributed by atoms with Gasteiger partial charge in [-0.1, -0.05) is 61.4 Å². The lowest BCUT2D eigenvalue weighted by Gasteiger charge is -2.32. The van der Waals surface area contributed by atoms with E-state index < -0.39 is 6.04 Å². The molecule has 2 aromatic rings. The lowest BCUT2D eigenvalue weighted by Crippen LogP contribution is -2.47. The van der Waals surface area contributed by atoms with E-state index >= 15 is 0 Å². The normalized spacial score (nSPS) is 24.3. The first-order valence-corrected chi connectivity index (χ1v) is 11.5. The molecule has 5 heteroatoms. The molecule has 162 valence electrons. The quantitative estimate of drug-likeness (QED) is 0.645. The Morgan fingerprint density at radius 3 is 2.26 bits per heavy atom. The molecule has 1 amide bonds. The Kier molecular flexibility index (Phi) is 5.43. The number of rotatable bonds is 4. The van der Waals surface area contributed by atoms with Crippen molar-refractivity contribution in [1.29, 1.82) is 0 Å². The monoisotopic (exact) mass is 419 g/mol. The van der Waals surface area contributed by atoms with Gasteiger partial charge in [-0.2, -0.15) is 0 Å². The van der Waals surface area contributed by atoms with Crippen molar-refractivity contribution in [1.82, 2.24) is 4.90 Å². The first-order chi connectivity index (χ1) is 15.2. The van der Waals surface area contributed by atoms with Crippen LogP contribution in [0, 0.1) is 5.92 Å². The molecule has 2 aliphatic carbocycles. The fourth-order valence-corrected chi connectivity index (χ4v) is 5.84. The number of nitrogens with zero attached hydrogens (tertiary/aromatic N) is 1. The second-order valence-electron chi connectivity index (χ2n) is 8.83. The van der Waals surface area contributed by atoms with Gasteiger partial charge in [-0.3, -0.25) is 4.90 Å². The zero-order valence-electron chi connectivity index (χ0n) is 18.0. The summed E-state index contributed by atoms with van der Waals surface area (Å²) in [6.45, 7) is 2.40. The van der Waals surface area contributed by atoms with E-state index in [4.69, 9.17) is 9.47 Å². The Balaban J connectivity index is 1.36. The molecule has 1 aliphatic heterocycles. The fourth-order valence-electron chi connectivity index (χ4n) is 5.84. The number of fused-ring (bicyclic) bond motifs is 4. The Bertz CT molecular complexity index is 941.